The minimum absolute atomic E-state index is 0.417. The first-order valence-electron chi connectivity index (χ1n) is 10.8. The molecular formula is C25H26N4O2. The molecule has 1 aliphatic rings. The second kappa shape index (κ2) is 8.78. The van der Waals surface area contributed by atoms with E-state index in [-0.39, 0.29) is 0 Å². The van der Waals surface area contributed by atoms with Crippen LogP contribution in [0.1, 0.15) is 19.3 Å². The van der Waals surface area contributed by atoms with E-state index in [1.165, 1.54) is 32.4 Å². The van der Waals surface area contributed by atoms with Gasteiger partial charge in [0.25, 0.3) is 5.89 Å². The highest BCUT2D eigenvalue weighted by atomic mass is 16.5. The Balaban J connectivity index is 1.27. The van der Waals surface area contributed by atoms with Gasteiger partial charge in [-0.3, -0.25) is 4.90 Å². The summed E-state index contributed by atoms with van der Waals surface area (Å²) in [6.07, 6.45) is 3.95. The van der Waals surface area contributed by atoms with Crippen molar-refractivity contribution < 1.29 is 9.26 Å². The molecule has 0 atom stereocenters. The van der Waals surface area contributed by atoms with E-state index in [1.807, 2.05) is 60.7 Å². The van der Waals surface area contributed by atoms with Gasteiger partial charge in [0.1, 0.15) is 12.4 Å². The highest BCUT2D eigenvalue weighted by molar-refractivity contribution is 5.99. The average molecular weight is 415 g/mol. The van der Waals surface area contributed by atoms with Crippen molar-refractivity contribution in [2.24, 2.45) is 0 Å². The number of nitrogen functional groups attached to an aromatic ring is 1. The van der Waals surface area contributed by atoms with Gasteiger partial charge in [-0.15, -0.1) is 0 Å². The fourth-order valence-corrected chi connectivity index (χ4v) is 4.11. The molecule has 1 aromatic heterocycles. The molecule has 0 saturated carbocycles. The van der Waals surface area contributed by atoms with E-state index in [0.29, 0.717) is 24.0 Å². The van der Waals surface area contributed by atoms with Crippen molar-refractivity contribution in [2.75, 3.05) is 32.0 Å². The highest BCUT2D eigenvalue weighted by Crippen LogP contribution is 2.32. The maximum Gasteiger partial charge on any atom is 0.260 e. The smallest absolute Gasteiger partial charge is 0.260 e. The molecule has 0 amide bonds. The van der Waals surface area contributed by atoms with Crippen molar-refractivity contribution in [3.05, 3.63) is 60.7 Å². The Morgan fingerprint density at radius 3 is 2.58 bits per heavy atom. The zero-order chi connectivity index (χ0) is 21.0. The van der Waals surface area contributed by atoms with Crippen molar-refractivity contribution in [3.63, 3.8) is 0 Å². The van der Waals surface area contributed by atoms with E-state index in [4.69, 9.17) is 15.0 Å². The van der Waals surface area contributed by atoms with Crippen LogP contribution in [0.15, 0.2) is 65.2 Å². The van der Waals surface area contributed by atoms with E-state index in [2.05, 4.69) is 15.0 Å². The second-order valence-electron chi connectivity index (χ2n) is 7.95. The van der Waals surface area contributed by atoms with Crippen LogP contribution in [0.4, 0.5) is 5.69 Å². The zero-order valence-electron chi connectivity index (χ0n) is 17.5. The predicted octanol–water partition coefficient (Wildman–Crippen LogP) is 5.00. The third kappa shape index (κ3) is 4.25. The summed E-state index contributed by atoms with van der Waals surface area (Å²) in [5.41, 5.74) is 8.63. The number of likely N-dealkylation sites (tertiary alicyclic amines) is 1. The van der Waals surface area contributed by atoms with Crippen molar-refractivity contribution in [2.45, 2.75) is 19.3 Å². The Labute approximate surface area is 181 Å². The largest absolute Gasteiger partial charge is 0.492 e. The van der Waals surface area contributed by atoms with Gasteiger partial charge >= 0.3 is 0 Å². The van der Waals surface area contributed by atoms with Crippen LogP contribution < -0.4 is 10.5 Å². The van der Waals surface area contributed by atoms with Crippen LogP contribution in [-0.4, -0.2) is 41.3 Å². The van der Waals surface area contributed by atoms with Crippen LogP contribution in [0.5, 0.6) is 5.75 Å². The maximum absolute atomic E-state index is 6.37. The minimum Gasteiger partial charge on any atom is -0.492 e. The summed E-state index contributed by atoms with van der Waals surface area (Å²) >= 11 is 0. The molecule has 0 spiro atoms. The molecule has 6 nitrogen and oxygen atoms in total. The molecule has 2 N–H and O–H groups in total. The number of hydrogen-bond donors (Lipinski definition) is 1. The molecule has 1 saturated heterocycles. The molecule has 6 heteroatoms. The van der Waals surface area contributed by atoms with Gasteiger partial charge in [0.05, 0.1) is 11.3 Å². The number of nitrogens with two attached hydrogens (primary N) is 1. The molecule has 158 valence electrons. The summed E-state index contributed by atoms with van der Waals surface area (Å²) in [5.74, 6) is 1.80. The maximum atomic E-state index is 6.37. The fraction of sp³-hybridized carbons (Fsp3) is 0.280. The molecule has 0 bridgehead atoms. The molecule has 1 fully saturated rings. The second-order valence-corrected chi connectivity index (χ2v) is 7.95. The number of benzene rings is 3. The van der Waals surface area contributed by atoms with Gasteiger partial charge in [0, 0.05) is 17.5 Å². The van der Waals surface area contributed by atoms with E-state index < -0.39 is 0 Å². The Kier molecular flexibility index (Phi) is 5.54. The zero-order valence-corrected chi connectivity index (χ0v) is 17.5. The fourth-order valence-electron chi connectivity index (χ4n) is 4.11. The number of nitrogens with zero attached hydrogens (tertiary/aromatic N) is 3. The number of anilines is 1. The Morgan fingerprint density at radius 2 is 1.74 bits per heavy atom. The molecule has 0 unspecified atom stereocenters. The number of ether oxygens (including phenoxy) is 1. The standard InChI is InChI=1S/C25H26N4O2/c26-23-21-7-3-2-6-18(21)10-13-22(23)25-27-24(28-31-25)19-8-11-20(12-9-19)30-17-16-29-14-4-1-5-15-29/h2-3,6-13H,1,4-5,14-17,26H2. The van der Waals surface area contributed by atoms with Gasteiger partial charge in [-0.1, -0.05) is 41.9 Å². The first-order chi connectivity index (χ1) is 15.3. The van der Waals surface area contributed by atoms with Crippen molar-refractivity contribution in [1.82, 2.24) is 15.0 Å². The molecular weight excluding hydrogens is 388 g/mol. The van der Waals surface area contributed by atoms with Crippen LogP contribution in [0.25, 0.3) is 33.6 Å². The van der Waals surface area contributed by atoms with Crippen LogP contribution in [0, 0.1) is 0 Å². The van der Waals surface area contributed by atoms with Gasteiger partial charge in [-0.05, 0) is 61.6 Å². The summed E-state index contributed by atoms with van der Waals surface area (Å²) in [6, 6.07) is 19.7. The summed E-state index contributed by atoms with van der Waals surface area (Å²) in [5, 5.41) is 6.21. The highest BCUT2D eigenvalue weighted by Gasteiger charge is 2.15. The molecule has 1 aliphatic heterocycles. The Morgan fingerprint density at radius 1 is 0.935 bits per heavy atom. The summed E-state index contributed by atoms with van der Waals surface area (Å²) in [4.78, 5) is 7.04. The Hall–Kier alpha value is -3.38. The third-order valence-corrected chi connectivity index (χ3v) is 5.86. The number of rotatable bonds is 6. The van der Waals surface area contributed by atoms with Gasteiger partial charge in [0.15, 0.2) is 0 Å². The predicted molar refractivity (Wildman–Crippen MR) is 123 cm³/mol. The normalized spacial score (nSPS) is 14.7. The average Bonchev–Trinajstić information content (AvgIpc) is 3.31. The first kappa shape index (κ1) is 19.6. The van der Waals surface area contributed by atoms with Crippen LogP contribution in [-0.2, 0) is 0 Å². The minimum atomic E-state index is 0.417. The lowest BCUT2D eigenvalue weighted by Crippen LogP contribution is -2.33. The number of aromatic nitrogens is 2. The number of fused-ring (bicyclic) bond motifs is 1. The SMILES string of the molecule is Nc1c(-c2nc(-c3ccc(OCCN4CCCCC4)cc3)no2)ccc2ccccc12. The van der Waals surface area contributed by atoms with Crippen LogP contribution in [0.3, 0.4) is 0 Å². The van der Waals surface area contributed by atoms with E-state index in [0.717, 1.165) is 34.2 Å². The van der Waals surface area contributed by atoms with Gasteiger partial charge in [-0.25, -0.2) is 0 Å². The molecule has 31 heavy (non-hydrogen) atoms. The quantitative estimate of drug-likeness (QED) is 0.447. The first-order valence-corrected chi connectivity index (χ1v) is 10.8. The Bertz CT molecular complexity index is 1160. The molecule has 0 radical (unpaired) electrons. The topological polar surface area (TPSA) is 77.4 Å². The van der Waals surface area contributed by atoms with E-state index >= 15 is 0 Å². The van der Waals surface area contributed by atoms with Gasteiger partial charge < -0.3 is 15.0 Å². The number of piperidine rings is 1. The molecule has 0 aliphatic carbocycles. The summed E-state index contributed by atoms with van der Waals surface area (Å²) in [7, 11) is 0. The van der Waals surface area contributed by atoms with E-state index in [9.17, 15) is 0 Å². The summed E-state index contributed by atoms with van der Waals surface area (Å²) < 4.78 is 11.4. The van der Waals surface area contributed by atoms with Crippen molar-refractivity contribution >= 4 is 16.5 Å². The van der Waals surface area contributed by atoms with Crippen LogP contribution in [0.2, 0.25) is 0 Å². The monoisotopic (exact) mass is 414 g/mol. The van der Waals surface area contributed by atoms with Gasteiger partial charge in [-0.2, -0.15) is 4.98 Å². The molecule has 2 heterocycles. The lowest BCUT2D eigenvalue weighted by atomic mass is 10.0. The number of hydrogen-bond acceptors (Lipinski definition) is 6. The molecule has 5 rings (SSSR count). The van der Waals surface area contributed by atoms with Crippen molar-refractivity contribution in [3.8, 4) is 28.6 Å². The van der Waals surface area contributed by atoms with Crippen LogP contribution >= 0.6 is 0 Å². The van der Waals surface area contributed by atoms with Crippen molar-refractivity contribution in [1.29, 1.82) is 0 Å². The lowest BCUT2D eigenvalue weighted by Gasteiger charge is -2.26. The van der Waals surface area contributed by atoms with E-state index in [1.54, 1.807) is 0 Å². The lowest BCUT2D eigenvalue weighted by molar-refractivity contribution is 0.183. The summed E-state index contributed by atoms with van der Waals surface area (Å²) in [6.45, 7) is 4.05. The molecule has 3 aromatic carbocycles. The van der Waals surface area contributed by atoms with Gasteiger partial charge in [0.2, 0.25) is 5.82 Å². The third-order valence-electron chi connectivity index (χ3n) is 5.86. The molecule has 4 aromatic rings.